The zero-order valence-electron chi connectivity index (χ0n) is 12.2. The van der Waals surface area contributed by atoms with Gasteiger partial charge in [0.25, 0.3) is 0 Å². The molecule has 2 aromatic rings. The highest BCUT2D eigenvalue weighted by Crippen LogP contribution is 2.23. The molecule has 0 unspecified atom stereocenters. The molecule has 2 aromatic heterocycles. The quantitative estimate of drug-likeness (QED) is 0.917. The van der Waals surface area contributed by atoms with Crippen LogP contribution in [0.3, 0.4) is 0 Å². The molecule has 0 aromatic carbocycles. The summed E-state index contributed by atoms with van der Waals surface area (Å²) in [6, 6.07) is 2.02. The summed E-state index contributed by atoms with van der Waals surface area (Å²) in [6.07, 6.45) is 1.96. The monoisotopic (exact) mass is 259 g/mol. The molecule has 5 nitrogen and oxygen atoms in total. The van der Waals surface area contributed by atoms with Crippen LogP contribution in [-0.4, -0.2) is 26.3 Å². The second-order valence-corrected chi connectivity index (χ2v) is 4.99. The first-order chi connectivity index (χ1) is 9.01. The van der Waals surface area contributed by atoms with Gasteiger partial charge in [0.05, 0.1) is 11.3 Å². The molecular weight excluding hydrogens is 238 g/mol. The van der Waals surface area contributed by atoms with Crippen LogP contribution in [0.4, 0.5) is 5.82 Å². The van der Waals surface area contributed by atoms with Crippen LogP contribution >= 0.6 is 0 Å². The fourth-order valence-corrected chi connectivity index (χ4v) is 1.97. The van der Waals surface area contributed by atoms with Crippen LogP contribution in [0.25, 0.3) is 11.4 Å². The fraction of sp³-hybridized carbons (Fsp3) is 0.500. The highest BCUT2D eigenvalue weighted by atomic mass is 15.3. The molecule has 0 atom stereocenters. The van der Waals surface area contributed by atoms with Crippen molar-refractivity contribution < 1.29 is 0 Å². The van der Waals surface area contributed by atoms with E-state index in [-0.39, 0.29) is 0 Å². The maximum Gasteiger partial charge on any atom is 0.165 e. The van der Waals surface area contributed by atoms with Gasteiger partial charge in [-0.25, -0.2) is 9.97 Å². The molecule has 0 aliphatic rings. The van der Waals surface area contributed by atoms with E-state index in [1.807, 2.05) is 26.2 Å². The number of hydrogen-bond donors (Lipinski definition) is 1. The number of hydrogen-bond acceptors (Lipinski definition) is 4. The maximum atomic E-state index is 4.66. The minimum Gasteiger partial charge on any atom is -0.370 e. The molecule has 0 amide bonds. The third kappa shape index (κ3) is 2.92. The molecule has 0 aliphatic carbocycles. The Kier molecular flexibility index (Phi) is 3.83. The predicted octanol–water partition coefficient (Wildman–Crippen LogP) is 2.74. The molecule has 102 valence electrons. The van der Waals surface area contributed by atoms with Crippen LogP contribution in [0.5, 0.6) is 0 Å². The van der Waals surface area contributed by atoms with Gasteiger partial charge in [0, 0.05) is 31.5 Å². The number of aromatic nitrogens is 4. The van der Waals surface area contributed by atoms with Crippen molar-refractivity contribution in [2.24, 2.45) is 7.05 Å². The lowest BCUT2D eigenvalue weighted by Gasteiger charge is -2.10. The second-order valence-electron chi connectivity index (χ2n) is 4.99. The van der Waals surface area contributed by atoms with Crippen molar-refractivity contribution >= 4 is 5.82 Å². The van der Waals surface area contributed by atoms with E-state index in [4.69, 9.17) is 0 Å². The molecule has 2 heterocycles. The first-order valence-corrected chi connectivity index (χ1v) is 6.64. The van der Waals surface area contributed by atoms with E-state index in [9.17, 15) is 0 Å². The summed E-state index contributed by atoms with van der Waals surface area (Å²) in [6.45, 7) is 9.16. The maximum absolute atomic E-state index is 4.66. The predicted molar refractivity (Wildman–Crippen MR) is 77.2 cm³/mol. The van der Waals surface area contributed by atoms with E-state index in [0.717, 1.165) is 35.1 Å². The second kappa shape index (κ2) is 5.38. The molecule has 0 radical (unpaired) electrons. The Labute approximate surface area is 114 Å². The van der Waals surface area contributed by atoms with Gasteiger partial charge in [-0.1, -0.05) is 13.8 Å². The van der Waals surface area contributed by atoms with E-state index in [1.54, 1.807) is 4.68 Å². The van der Waals surface area contributed by atoms with Crippen LogP contribution < -0.4 is 5.32 Å². The topological polar surface area (TPSA) is 55.6 Å². The van der Waals surface area contributed by atoms with Crippen LogP contribution in [0, 0.1) is 6.92 Å². The Morgan fingerprint density at radius 2 is 2.05 bits per heavy atom. The Hall–Kier alpha value is -1.91. The smallest absolute Gasteiger partial charge is 0.165 e. The number of aryl methyl sites for hydroxylation is 2. The molecule has 5 heteroatoms. The van der Waals surface area contributed by atoms with Gasteiger partial charge in [0.15, 0.2) is 5.82 Å². The third-order valence-corrected chi connectivity index (χ3v) is 2.95. The largest absolute Gasteiger partial charge is 0.370 e. The molecule has 0 saturated carbocycles. The van der Waals surface area contributed by atoms with Crippen molar-refractivity contribution in [3.8, 4) is 11.4 Å². The van der Waals surface area contributed by atoms with Crippen molar-refractivity contribution in [2.45, 2.75) is 33.6 Å². The lowest BCUT2D eigenvalue weighted by atomic mass is 10.1. The Morgan fingerprint density at radius 1 is 1.32 bits per heavy atom. The fourth-order valence-electron chi connectivity index (χ4n) is 1.97. The van der Waals surface area contributed by atoms with E-state index >= 15 is 0 Å². The molecule has 0 bridgehead atoms. The normalized spacial score (nSPS) is 11.1. The highest BCUT2D eigenvalue weighted by molar-refractivity contribution is 5.59. The number of nitrogens with zero attached hydrogens (tertiary/aromatic N) is 4. The van der Waals surface area contributed by atoms with Gasteiger partial charge in [-0.05, 0) is 19.8 Å². The van der Waals surface area contributed by atoms with Crippen molar-refractivity contribution in [2.75, 3.05) is 11.9 Å². The SMILES string of the molecule is CCNc1cc(C(C)C)nc(-c2cn(C)nc2C)n1. The molecule has 2 rings (SSSR count). The number of rotatable bonds is 4. The minimum absolute atomic E-state index is 0.371. The third-order valence-electron chi connectivity index (χ3n) is 2.95. The molecule has 0 aliphatic heterocycles. The summed E-state index contributed by atoms with van der Waals surface area (Å²) in [4.78, 5) is 9.23. The van der Waals surface area contributed by atoms with E-state index in [2.05, 4.69) is 41.2 Å². The average molecular weight is 259 g/mol. The summed E-state index contributed by atoms with van der Waals surface area (Å²) < 4.78 is 1.79. The van der Waals surface area contributed by atoms with E-state index in [1.165, 1.54) is 0 Å². The first-order valence-electron chi connectivity index (χ1n) is 6.64. The van der Waals surface area contributed by atoms with Crippen LogP contribution in [0.1, 0.15) is 38.1 Å². The summed E-state index contributed by atoms with van der Waals surface area (Å²) in [5, 5.41) is 7.61. The lowest BCUT2D eigenvalue weighted by molar-refractivity contribution is 0.756. The van der Waals surface area contributed by atoms with Crippen molar-refractivity contribution in [3.05, 3.63) is 23.7 Å². The van der Waals surface area contributed by atoms with Crippen molar-refractivity contribution in [1.82, 2.24) is 19.7 Å². The van der Waals surface area contributed by atoms with Crippen molar-refractivity contribution in [3.63, 3.8) is 0 Å². The average Bonchev–Trinajstić information content (AvgIpc) is 2.68. The standard InChI is InChI=1S/C14H21N5/c1-6-15-13-7-12(9(2)3)16-14(17-13)11-8-19(5)18-10(11)4/h7-9H,6H2,1-5H3,(H,15,16,17). The zero-order valence-corrected chi connectivity index (χ0v) is 12.2. The van der Waals surface area contributed by atoms with Gasteiger partial charge in [-0.15, -0.1) is 0 Å². The van der Waals surface area contributed by atoms with Crippen LogP contribution in [0.2, 0.25) is 0 Å². The van der Waals surface area contributed by atoms with E-state index < -0.39 is 0 Å². The van der Waals surface area contributed by atoms with Gasteiger partial charge in [-0.2, -0.15) is 5.10 Å². The lowest BCUT2D eigenvalue weighted by Crippen LogP contribution is -2.05. The van der Waals surface area contributed by atoms with Gasteiger partial charge in [0.2, 0.25) is 0 Å². The van der Waals surface area contributed by atoms with Gasteiger partial charge >= 0.3 is 0 Å². The Morgan fingerprint density at radius 3 is 2.58 bits per heavy atom. The number of nitrogens with one attached hydrogen (secondary N) is 1. The molecule has 0 spiro atoms. The molecular formula is C14H21N5. The van der Waals surface area contributed by atoms with Crippen molar-refractivity contribution in [1.29, 1.82) is 0 Å². The highest BCUT2D eigenvalue weighted by Gasteiger charge is 2.13. The molecule has 0 fully saturated rings. The Balaban J connectivity index is 2.52. The summed E-state index contributed by atoms with van der Waals surface area (Å²) in [5.74, 6) is 1.99. The minimum atomic E-state index is 0.371. The van der Waals surface area contributed by atoms with Crippen LogP contribution in [0.15, 0.2) is 12.3 Å². The molecule has 0 saturated heterocycles. The summed E-state index contributed by atoms with van der Waals surface area (Å²) in [5.41, 5.74) is 2.99. The number of anilines is 1. The van der Waals surface area contributed by atoms with Gasteiger partial charge in [0.1, 0.15) is 5.82 Å². The molecule has 19 heavy (non-hydrogen) atoms. The summed E-state index contributed by atoms with van der Waals surface area (Å²) >= 11 is 0. The Bertz CT molecular complexity index is 571. The van der Waals surface area contributed by atoms with Crippen LogP contribution in [-0.2, 0) is 7.05 Å². The first kappa shape index (κ1) is 13.5. The van der Waals surface area contributed by atoms with E-state index in [0.29, 0.717) is 5.92 Å². The summed E-state index contributed by atoms with van der Waals surface area (Å²) in [7, 11) is 1.91. The zero-order chi connectivity index (χ0) is 14.0. The molecule has 1 N–H and O–H groups in total. The van der Waals surface area contributed by atoms with Gasteiger partial charge in [-0.3, -0.25) is 4.68 Å². The van der Waals surface area contributed by atoms with Gasteiger partial charge < -0.3 is 5.32 Å².